The number of imidazole rings is 1. The van der Waals surface area contributed by atoms with Crippen LogP contribution in [-0.4, -0.2) is 24.3 Å². The van der Waals surface area contributed by atoms with Gasteiger partial charge in [-0.2, -0.15) is 13.2 Å². The number of carbonyl (C=O) groups excluding carboxylic acids is 1. The van der Waals surface area contributed by atoms with Crippen molar-refractivity contribution in [3.05, 3.63) is 102 Å². The van der Waals surface area contributed by atoms with E-state index in [-0.39, 0.29) is 22.7 Å². The van der Waals surface area contributed by atoms with Gasteiger partial charge in [0.15, 0.2) is 0 Å². The number of amides is 1. The van der Waals surface area contributed by atoms with Gasteiger partial charge in [0, 0.05) is 11.8 Å². The third-order valence-electron chi connectivity index (χ3n) is 5.28. The largest absolute Gasteiger partial charge is 0.416 e. The summed E-state index contributed by atoms with van der Waals surface area (Å²) in [5, 5.41) is 0. The molecule has 0 unspecified atom stereocenters. The molecule has 0 saturated carbocycles. The number of H-pyrrole nitrogens is 1. The fourth-order valence-electron chi connectivity index (χ4n) is 3.54. The molecule has 0 aliphatic rings. The van der Waals surface area contributed by atoms with Gasteiger partial charge in [-0.15, -0.1) is 0 Å². The van der Waals surface area contributed by atoms with Crippen molar-refractivity contribution in [3.8, 4) is 11.1 Å². The number of aromatic nitrogens is 2. The van der Waals surface area contributed by atoms with Crippen LogP contribution in [0.4, 0.5) is 18.9 Å². The first-order valence-corrected chi connectivity index (χ1v) is 11.7. The molecule has 3 N–H and O–H groups in total. The van der Waals surface area contributed by atoms with Gasteiger partial charge in [0.2, 0.25) is 5.91 Å². The predicted molar refractivity (Wildman–Crippen MR) is 124 cm³/mol. The maximum Gasteiger partial charge on any atom is 0.416 e. The summed E-state index contributed by atoms with van der Waals surface area (Å²) in [5.41, 5.74) is 6.44. The maximum atomic E-state index is 13.6. The Hall–Kier alpha value is -4.12. The molecule has 35 heavy (non-hydrogen) atoms. The molecule has 180 valence electrons. The average Bonchev–Trinajstić information content (AvgIpc) is 3.35. The Balaban J connectivity index is 1.85. The van der Waals surface area contributed by atoms with Crippen molar-refractivity contribution in [2.24, 2.45) is 5.73 Å². The van der Waals surface area contributed by atoms with E-state index in [0.29, 0.717) is 29.0 Å². The minimum Gasteiger partial charge on any atom is -0.366 e. The summed E-state index contributed by atoms with van der Waals surface area (Å²) in [6.07, 6.45) is -1.79. The van der Waals surface area contributed by atoms with Crippen LogP contribution in [0.2, 0.25) is 0 Å². The molecule has 0 aliphatic heterocycles. The Morgan fingerprint density at radius 2 is 1.69 bits per heavy atom. The number of rotatable bonds is 7. The third kappa shape index (κ3) is 5.04. The number of alkyl halides is 3. The lowest BCUT2D eigenvalue weighted by Crippen LogP contribution is -2.31. The molecule has 4 rings (SSSR count). The zero-order valence-electron chi connectivity index (χ0n) is 18.0. The van der Waals surface area contributed by atoms with E-state index in [4.69, 9.17) is 5.73 Å². The van der Waals surface area contributed by atoms with Gasteiger partial charge >= 0.3 is 6.18 Å². The number of hydrogen-bond donors (Lipinski definition) is 2. The minimum atomic E-state index is -4.60. The Labute approximate surface area is 199 Å². The average molecular weight is 501 g/mol. The molecule has 0 aliphatic carbocycles. The summed E-state index contributed by atoms with van der Waals surface area (Å²) in [6, 6.07) is 16.4. The molecule has 7 nitrogen and oxygen atoms in total. The van der Waals surface area contributed by atoms with Crippen molar-refractivity contribution in [1.29, 1.82) is 0 Å². The number of aromatic amines is 1. The highest BCUT2D eigenvalue weighted by Gasteiger charge is 2.32. The standard InChI is InChI=1S/C24H19F3N4O3S/c25-24(26,27)17-6-9-20(10-7-17)35(33,34)31(14-18-13-29-15-30-18)19-8-11-21(23(28)32)22(12-19)16-4-2-1-3-5-16/h1-13,15H,14H2,(H2,28,32)(H,29,30). The zero-order chi connectivity index (χ0) is 25.2. The third-order valence-corrected chi connectivity index (χ3v) is 7.07. The number of hydrogen-bond acceptors (Lipinski definition) is 4. The van der Waals surface area contributed by atoms with E-state index < -0.39 is 27.7 Å². The number of halogens is 3. The lowest BCUT2D eigenvalue weighted by atomic mass is 9.98. The maximum absolute atomic E-state index is 13.6. The summed E-state index contributed by atoms with van der Waals surface area (Å²) in [5.74, 6) is -0.693. The lowest BCUT2D eigenvalue weighted by molar-refractivity contribution is -0.137. The highest BCUT2D eigenvalue weighted by atomic mass is 32.2. The summed E-state index contributed by atoms with van der Waals surface area (Å²) < 4.78 is 67.2. The quantitative estimate of drug-likeness (QED) is 0.387. The minimum absolute atomic E-state index is 0.184. The number of benzene rings is 3. The first kappa shape index (κ1) is 24.0. The van der Waals surface area contributed by atoms with Gasteiger partial charge in [0.1, 0.15) is 0 Å². The van der Waals surface area contributed by atoms with Crippen LogP contribution >= 0.6 is 0 Å². The van der Waals surface area contributed by atoms with Crippen molar-refractivity contribution in [1.82, 2.24) is 9.97 Å². The van der Waals surface area contributed by atoms with Gasteiger partial charge in [-0.25, -0.2) is 13.4 Å². The topological polar surface area (TPSA) is 109 Å². The van der Waals surface area contributed by atoms with Crippen LogP contribution in [0.15, 0.2) is 90.2 Å². The predicted octanol–water partition coefficient (Wildman–Crippen LogP) is 4.59. The molecule has 0 radical (unpaired) electrons. The summed E-state index contributed by atoms with van der Waals surface area (Å²) in [6.45, 7) is -0.187. The van der Waals surface area contributed by atoms with Crippen molar-refractivity contribution in [3.63, 3.8) is 0 Å². The van der Waals surface area contributed by atoms with E-state index in [1.165, 1.54) is 30.7 Å². The van der Waals surface area contributed by atoms with Crippen LogP contribution in [0.1, 0.15) is 21.6 Å². The fraction of sp³-hybridized carbons (Fsp3) is 0.0833. The van der Waals surface area contributed by atoms with Gasteiger partial charge < -0.3 is 10.7 Å². The Bertz CT molecular complexity index is 1440. The summed E-state index contributed by atoms with van der Waals surface area (Å²) in [4.78, 5) is 18.4. The van der Waals surface area contributed by atoms with E-state index in [1.54, 1.807) is 30.3 Å². The molecule has 1 amide bonds. The van der Waals surface area contributed by atoms with Gasteiger partial charge in [0.05, 0.1) is 34.7 Å². The molecule has 3 aromatic carbocycles. The molecule has 1 aromatic heterocycles. The molecule has 0 fully saturated rings. The van der Waals surface area contributed by atoms with Crippen LogP contribution in [0, 0.1) is 0 Å². The van der Waals surface area contributed by atoms with Crippen LogP contribution in [0.5, 0.6) is 0 Å². The van der Waals surface area contributed by atoms with Crippen molar-refractivity contribution in [2.45, 2.75) is 17.6 Å². The van der Waals surface area contributed by atoms with E-state index in [9.17, 15) is 26.4 Å². The molecular formula is C24H19F3N4O3S. The molecule has 0 saturated heterocycles. The van der Waals surface area contributed by atoms with Gasteiger partial charge in [-0.05, 0) is 53.6 Å². The highest BCUT2D eigenvalue weighted by molar-refractivity contribution is 7.92. The number of carbonyl (C=O) groups is 1. The number of sulfonamides is 1. The van der Waals surface area contributed by atoms with E-state index in [2.05, 4.69) is 9.97 Å². The van der Waals surface area contributed by atoms with Gasteiger partial charge in [0.25, 0.3) is 10.0 Å². The van der Waals surface area contributed by atoms with Crippen LogP contribution in [-0.2, 0) is 22.7 Å². The zero-order valence-corrected chi connectivity index (χ0v) is 18.8. The molecule has 4 aromatic rings. The normalized spacial score (nSPS) is 11.9. The Morgan fingerprint density at radius 1 is 1.00 bits per heavy atom. The molecule has 0 spiro atoms. The SMILES string of the molecule is NC(=O)c1ccc(N(Cc2cnc[nH]2)S(=O)(=O)c2ccc(C(F)(F)F)cc2)cc1-c1ccccc1. The summed E-state index contributed by atoms with van der Waals surface area (Å²) in [7, 11) is -4.32. The number of anilines is 1. The molecule has 11 heteroatoms. The molecule has 0 atom stereocenters. The fourth-order valence-corrected chi connectivity index (χ4v) is 4.98. The number of nitrogens with zero attached hydrogens (tertiary/aromatic N) is 2. The first-order valence-electron chi connectivity index (χ1n) is 10.2. The second-order valence-corrected chi connectivity index (χ2v) is 9.43. The van der Waals surface area contributed by atoms with Gasteiger partial charge in [-0.3, -0.25) is 9.10 Å². The summed E-state index contributed by atoms with van der Waals surface area (Å²) >= 11 is 0. The Kier molecular flexibility index (Phi) is 6.35. The monoisotopic (exact) mass is 500 g/mol. The second kappa shape index (κ2) is 9.26. The number of nitrogens with two attached hydrogens (primary N) is 1. The van der Waals surface area contributed by atoms with Crippen molar-refractivity contribution >= 4 is 21.6 Å². The van der Waals surface area contributed by atoms with Crippen LogP contribution in [0.25, 0.3) is 11.1 Å². The van der Waals surface area contributed by atoms with Crippen LogP contribution in [0.3, 0.4) is 0 Å². The Morgan fingerprint density at radius 3 is 2.26 bits per heavy atom. The van der Waals surface area contributed by atoms with E-state index in [1.807, 2.05) is 0 Å². The van der Waals surface area contributed by atoms with Crippen molar-refractivity contribution in [2.75, 3.05) is 4.31 Å². The number of nitrogens with one attached hydrogen (secondary N) is 1. The van der Waals surface area contributed by atoms with E-state index in [0.717, 1.165) is 16.4 Å². The highest BCUT2D eigenvalue weighted by Crippen LogP contribution is 2.34. The van der Waals surface area contributed by atoms with Crippen molar-refractivity contribution < 1.29 is 26.4 Å². The lowest BCUT2D eigenvalue weighted by Gasteiger charge is -2.25. The molecule has 0 bridgehead atoms. The van der Waals surface area contributed by atoms with Crippen LogP contribution < -0.4 is 10.0 Å². The van der Waals surface area contributed by atoms with E-state index >= 15 is 0 Å². The molecule has 1 heterocycles. The first-order chi connectivity index (χ1) is 16.6. The van der Waals surface area contributed by atoms with Gasteiger partial charge in [-0.1, -0.05) is 30.3 Å². The molecular weight excluding hydrogens is 481 g/mol. The smallest absolute Gasteiger partial charge is 0.366 e. The second-order valence-electron chi connectivity index (χ2n) is 7.57. The number of primary amides is 1.